The average molecular weight is 458 g/mol. The lowest BCUT2D eigenvalue weighted by molar-refractivity contribution is -0.241. The van der Waals surface area contributed by atoms with E-state index in [0.29, 0.717) is 5.69 Å². The van der Waals surface area contributed by atoms with Crippen LogP contribution >= 0.6 is 0 Å². The zero-order chi connectivity index (χ0) is 23.5. The number of esters is 3. The molecular formula is C20H22N6O7. The molecule has 0 saturated carbocycles. The molecule has 3 aromatic rings. The molecule has 3 heterocycles. The van der Waals surface area contributed by atoms with Crippen molar-refractivity contribution in [3.05, 3.63) is 36.2 Å². The van der Waals surface area contributed by atoms with Crippen molar-refractivity contribution in [2.75, 3.05) is 6.61 Å². The Balaban J connectivity index is 1.60. The van der Waals surface area contributed by atoms with Crippen molar-refractivity contribution in [3.63, 3.8) is 0 Å². The van der Waals surface area contributed by atoms with Gasteiger partial charge in [-0.1, -0.05) is 22.6 Å². The molecule has 1 aliphatic heterocycles. The molecule has 174 valence electrons. The molecular weight excluding hydrogens is 436 g/mol. The monoisotopic (exact) mass is 458 g/mol. The van der Waals surface area contributed by atoms with Crippen LogP contribution in [0.3, 0.4) is 0 Å². The lowest BCUT2D eigenvalue weighted by Gasteiger charge is -2.40. The van der Waals surface area contributed by atoms with Crippen LogP contribution in [0.5, 0.6) is 0 Å². The van der Waals surface area contributed by atoms with E-state index in [1.165, 1.54) is 25.5 Å². The quantitative estimate of drug-likeness (QED) is 0.373. The summed E-state index contributed by atoms with van der Waals surface area (Å²) in [5.74, 6) is -1.86. The summed E-state index contributed by atoms with van der Waals surface area (Å²) in [4.78, 5) is 35.0. The van der Waals surface area contributed by atoms with Gasteiger partial charge in [-0.05, 0) is 12.1 Å². The van der Waals surface area contributed by atoms with E-state index in [9.17, 15) is 14.4 Å². The van der Waals surface area contributed by atoms with Gasteiger partial charge in [0, 0.05) is 20.8 Å². The average Bonchev–Trinajstić information content (AvgIpc) is 3.37. The molecule has 1 aromatic carbocycles. The lowest BCUT2D eigenvalue weighted by atomic mass is 10.0. The van der Waals surface area contributed by atoms with Gasteiger partial charge < -0.3 is 18.9 Å². The summed E-state index contributed by atoms with van der Waals surface area (Å²) in [7, 11) is 0. The van der Waals surface area contributed by atoms with Crippen LogP contribution in [-0.2, 0) is 39.9 Å². The number of carbonyl (C=O) groups is 3. The van der Waals surface area contributed by atoms with Crippen molar-refractivity contribution in [2.24, 2.45) is 0 Å². The Morgan fingerprint density at radius 3 is 2.39 bits per heavy atom. The number of para-hydroxylation sites is 1. The lowest BCUT2D eigenvalue weighted by Crippen LogP contribution is -2.55. The first-order valence-corrected chi connectivity index (χ1v) is 10.1. The number of fused-ring (bicyclic) bond motifs is 1. The topological polar surface area (TPSA) is 150 Å². The normalized spacial score (nSPS) is 22.6. The molecule has 4 rings (SSSR count). The van der Waals surface area contributed by atoms with Gasteiger partial charge in [-0.2, -0.15) is 0 Å². The maximum atomic E-state index is 11.8. The van der Waals surface area contributed by atoms with E-state index in [1.54, 1.807) is 10.9 Å². The predicted octanol–water partition coefficient (Wildman–Crippen LogP) is 0.395. The number of aromatic nitrogens is 6. The molecule has 0 bridgehead atoms. The summed E-state index contributed by atoms with van der Waals surface area (Å²) < 4.78 is 24.8. The summed E-state index contributed by atoms with van der Waals surface area (Å²) in [6.45, 7) is 3.81. The third-order valence-electron chi connectivity index (χ3n) is 4.87. The van der Waals surface area contributed by atoms with Crippen molar-refractivity contribution in [1.29, 1.82) is 0 Å². The van der Waals surface area contributed by atoms with E-state index < -0.39 is 42.4 Å². The molecule has 1 aliphatic rings. The molecule has 0 N–H and O–H groups in total. The van der Waals surface area contributed by atoms with Gasteiger partial charge in [0.15, 0.2) is 24.5 Å². The molecule has 2 aromatic heterocycles. The van der Waals surface area contributed by atoms with E-state index in [4.69, 9.17) is 18.9 Å². The summed E-state index contributed by atoms with van der Waals surface area (Å²) in [5.41, 5.74) is 2.12. The molecule has 33 heavy (non-hydrogen) atoms. The number of carbonyl (C=O) groups excluding carboxylic acids is 3. The van der Waals surface area contributed by atoms with Crippen molar-refractivity contribution in [2.45, 2.75) is 51.9 Å². The first-order chi connectivity index (χ1) is 15.8. The summed E-state index contributed by atoms with van der Waals surface area (Å²) in [6, 6.07) is 7.49. The molecule has 13 heteroatoms. The van der Waals surface area contributed by atoms with Gasteiger partial charge in [0.25, 0.3) is 0 Å². The summed E-state index contributed by atoms with van der Waals surface area (Å²) in [6.07, 6.45) is -2.56. The van der Waals surface area contributed by atoms with E-state index in [0.717, 1.165) is 11.0 Å². The van der Waals surface area contributed by atoms with Crippen molar-refractivity contribution in [1.82, 2.24) is 30.0 Å². The number of benzene rings is 1. The highest BCUT2D eigenvalue weighted by molar-refractivity contribution is 5.73. The minimum atomic E-state index is -1.13. The Hall–Kier alpha value is -3.87. The SMILES string of the molecule is CC(=O)O[C@H]1[C@H](OC(C)=O)[C@@H](n2cc(Cn3nnc4ccccc43)nn2)OC[C@H]1OC(C)=O. The molecule has 0 spiro atoms. The number of hydrogen-bond donors (Lipinski definition) is 0. The van der Waals surface area contributed by atoms with Crippen molar-refractivity contribution < 1.29 is 33.3 Å². The van der Waals surface area contributed by atoms with Gasteiger partial charge in [0.1, 0.15) is 11.2 Å². The predicted molar refractivity (Wildman–Crippen MR) is 108 cm³/mol. The molecule has 0 unspecified atom stereocenters. The van der Waals surface area contributed by atoms with E-state index in [2.05, 4.69) is 20.6 Å². The van der Waals surface area contributed by atoms with Crippen LogP contribution in [0.1, 0.15) is 32.7 Å². The Labute approximate surface area is 187 Å². The first kappa shape index (κ1) is 22.3. The van der Waals surface area contributed by atoms with Crippen LogP contribution in [0.4, 0.5) is 0 Å². The molecule has 1 saturated heterocycles. The van der Waals surface area contributed by atoms with Crippen LogP contribution < -0.4 is 0 Å². The van der Waals surface area contributed by atoms with Crippen molar-refractivity contribution in [3.8, 4) is 0 Å². The summed E-state index contributed by atoms with van der Waals surface area (Å²) >= 11 is 0. The highest BCUT2D eigenvalue weighted by atomic mass is 16.6. The van der Waals surface area contributed by atoms with Gasteiger partial charge in [0.2, 0.25) is 0 Å². The minimum Gasteiger partial charge on any atom is -0.456 e. The molecule has 13 nitrogen and oxygen atoms in total. The fraction of sp³-hybridized carbons (Fsp3) is 0.450. The smallest absolute Gasteiger partial charge is 0.303 e. The van der Waals surface area contributed by atoms with Gasteiger partial charge in [-0.15, -0.1) is 10.2 Å². The number of rotatable bonds is 6. The van der Waals surface area contributed by atoms with Crippen LogP contribution in [0.25, 0.3) is 11.0 Å². The second-order valence-electron chi connectivity index (χ2n) is 7.45. The summed E-state index contributed by atoms with van der Waals surface area (Å²) in [5, 5.41) is 16.5. The van der Waals surface area contributed by atoms with Crippen LogP contribution in [0.15, 0.2) is 30.5 Å². The fourth-order valence-electron chi connectivity index (χ4n) is 3.65. The number of ether oxygens (including phenoxy) is 4. The van der Waals surface area contributed by atoms with Crippen molar-refractivity contribution >= 4 is 28.9 Å². The zero-order valence-corrected chi connectivity index (χ0v) is 18.2. The second kappa shape index (κ2) is 9.32. The van der Waals surface area contributed by atoms with E-state index in [1.807, 2.05) is 24.3 Å². The third-order valence-corrected chi connectivity index (χ3v) is 4.87. The number of hydrogen-bond acceptors (Lipinski definition) is 11. The molecule has 1 fully saturated rings. The highest BCUT2D eigenvalue weighted by Crippen LogP contribution is 2.30. The van der Waals surface area contributed by atoms with E-state index >= 15 is 0 Å². The fourth-order valence-corrected chi connectivity index (χ4v) is 3.65. The molecule has 0 amide bonds. The maximum Gasteiger partial charge on any atom is 0.303 e. The first-order valence-electron chi connectivity index (χ1n) is 10.1. The van der Waals surface area contributed by atoms with E-state index in [-0.39, 0.29) is 13.2 Å². The van der Waals surface area contributed by atoms with Gasteiger partial charge in [-0.3, -0.25) is 14.4 Å². The number of nitrogens with zero attached hydrogens (tertiary/aromatic N) is 6. The zero-order valence-electron chi connectivity index (χ0n) is 18.2. The molecule has 0 aliphatic carbocycles. The van der Waals surface area contributed by atoms with Gasteiger partial charge in [0.05, 0.1) is 24.9 Å². The largest absolute Gasteiger partial charge is 0.456 e. The van der Waals surface area contributed by atoms with Gasteiger partial charge >= 0.3 is 17.9 Å². The third kappa shape index (κ3) is 4.98. The van der Waals surface area contributed by atoms with Gasteiger partial charge in [-0.25, -0.2) is 9.36 Å². The van der Waals surface area contributed by atoms with Crippen LogP contribution in [0, 0.1) is 0 Å². The highest BCUT2D eigenvalue weighted by Gasteiger charge is 2.48. The maximum absolute atomic E-state index is 11.8. The standard InChI is InChI=1S/C20H22N6O7/c1-11(27)31-17-10-30-20(19(33-13(3)29)18(17)32-12(2)28)26-9-14(21-23-26)8-25-16-7-5-4-6-15(16)22-24-25/h4-7,9,17-20H,8,10H2,1-3H3/t17-,18-,19+,20+/m1/s1. The Bertz CT molecular complexity index is 1170. The Kier molecular flexibility index (Phi) is 6.31. The molecule has 0 radical (unpaired) electrons. The second-order valence-corrected chi connectivity index (χ2v) is 7.45. The minimum absolute atomic E-state index is 0.108. The molecule has 4 atom stereocenters. The Morgan fingerprint density at radius 1 is 0.970 bits per heavy atom. The van der Waals surface area contributed by atoms with Crippen LogP contribution in [0.2, 0.25) is 0 Å². The van der Waals surface area contributed by atoms with Crippen LogP contribution in [-0.4, -0.2) is 72.8 Å². The Morgan fingerprint density at radius 2 is 1.67 bits per heavy atom.